The Labute approximate surface area is 196 Å². The molecular formula is C22H26FN5O3S2. The van der Waals surface area contributed by atoms with Crippen molar-refractivity contribution in [2.24, 2.45) is 0 Å². The van der Waals surface area contributed by atoms with Gasteiger partial charge in [-0.05, 0) is 30.3 Å². The third-order valence-corrected chi connectivity index (χ3v) is 8.12. The lowest BCUT2D eigenvalue weighted by atomic mass is 9.92. The van der Waals surface area contributed by atoms with Gasteiger partial charge in [-0.3, -0.25) is 4.79 Å². The van der Waals surface area contributed by atoms with Crippen molar-refractivity contribution in [3.63, 3.8) is 0 Å². The largest absolute Gasteiger partial charge is 0.356 e. The number of nitrogens with one attached hydrogen (secondary N) is 2. The van der Waals surface area contributed by atoms with Crippen molar-refractivity contribution in [2.75, 3.05) is 29.9 Å². The van der Waals surface area contributed by atoms with E-state index in [1.165, 1.54) is 33.4 Å². The molecule has 1 aliphatic rings. The number of aromatic nitrogens is 3. The molecule has 3 aromatic rings. The molecule has 176 valence electrons. The van der Waals surface area contributed by atoms with Crippen LogP contribution in [0.1, 0.15) is 37.0 Å². The maximum absolute atomic E-state index is 13.4. The highest BCUT2D eigenvalue weighted by atomic mass is 32.2. The third-order valence-electron chi connectivity index (χ3n) is 5.30. The lowest BCUT2D eigenvalue weighted by molar-refractivity contribution is 0.102. The van der Waals surface area contributed by atoms with Crippen LogP contribution in [0.25, 0.3) is 5.69 Å². The highest BCUT2D eigenvalue weighted by Crippen LogP contribution is 2.27. The van der Waals surface area contributed by atoms with Gasteiger partial charge in [0.15, 0.2) is 0 Å². The molecule has 1 saturated heterocycles. The van der Waals surface area contributed by atoms with Crippen LogP contribution in [0.3, 0.4) is 0 Å². The van der Waals surface area contributed by atoms with Gasteiger partial charge in [-0.1, -0.05) is 20.8 Å². The summed E-state index contributed by atoms with van der Waals surface area (Å²) in [5.74, 6) is 1.01. The Bertz CT molecular complexity index is 1250. The molecule has 0 bridgehead atoms. The van der Waals surface area contributed by atoms with Gasteiger partial charge < -0.3 is 10.3 Å². The molecule has 0 spiro atoms. The first-order chi connectivity index (χ1) is 15.6. The fraction of sp³-hybridized carbons (Fsp3) is 0.364. The molecule has 8 nitrogen and oxygen atoms in total. The van der Waals surface area contributed by atoms with Gasteiger partial charge in [0.2, 0.25) is 10.0 Å². The molecule has 0 aliphatic carbocycles. The number of benzene rings is 1. The van der Waals surface area contributed by atoms with Crippen molar-refractivity contribution in [3.05, 3.63) is 59.8 Å². The molecule has 1 fully saturated rings. The van der Waals surface area contributed by atoms with Gasteiger partial charge in [0.25, 0.3) is 5.91 Å². The fourth-order valence-corrected chi connectivity index (χ4v) is 5.96. The summed E-state index contributed by atoms with van der Waals surface area (Å²) >= 11 is 1.72. The first-order valence-corrected chi connectivity index (χ1v) is 13.1. The topological polar surface area (TPSA) is 100 Å². The number of anilines is 1. The van der Waals surface area contributed by atoms with Crippen LogP contribution in [-0.2, 0) is 15.4 Å². The Morgan fingerprint density at radius 3 is 2.45 bits per heavy atom. The minimum atomic E-state index is -3.66. The average molecular weight is 492 g/mol. The molecule has 3 heterocycles. The molecule has 1 amide bonds. The number of sulfonamides is 1. The van der Waals surface area contributed by atoms with Crippen molar-refractivity contribution in [1.82, 2.24) is 19.1 Å². The molecule has 0 unspecified atom stereocenters. The van der Waals surface area contributed by atoms with E-state index < -0.39 is 15.9 Å². The number of hydrogen-bond acceptors (Lipinski definition) is 5. The van der Waals surface area contributed by atoms with E-state index in [1.54, 1.807) is 30.0 Å². The molecule has 33 heavy (non-hydrogen) atoms. The molecule has 0 atom stereocenters. The Morgan fingerprint density at radius 1 is 1.15 bits per heavy atom. The molecule has 1 aliphatic heterocycles. The van der Waals surface area contributed by atoms with E-state index in [-0.39, 0.29) is 21.8 Å². The second-order valence-electron chi connectivity index (χ2n) is 8.77. The number of aromatic amines is 1. The zero-order valence-corrected chi connectivity index (χ0v) is 20.3. The van der Waals surface area contributed by atoms with Crippen LogP contribution in [0.4, 0.5) is 10.2 Å². The SMILES string of the molecule is CC(C)(C)c1cc(NC(=O)c2cc(S(=O)(=O)N3CCSCC3)c[nH]2)n(-c2ccc(F)cc2)n1. The van der Waals surface area contributed by atoms with E-state index in [1.807, 2.05) is 20.8 Å². The molecule has 2 aromatic heterocycles. The Kier molecular flexibility index (Phi) is 6.39. The number of amides is 1. The van der Waals surface area contributed by atoms with Gasteiger partial charge >= 0.3 is 0 Å². The van der Waals surface area contributed by atoms with Crippen LogP contribution >= 0.6 is 11.8 Å². The van der Waals surface area contributed by atoms with E-state index in [0.29, 0.717) is 24.6 Å². The summed E-state index contributed by atoms with van der Waals surface area (Å²) in [5.41, 5.74) is 1.15. The standard InChI is InChI=1S/C22H26FN5O3S2/c1-22(2,3)19-13-20(28(26-19)16-6-4-15(23)5-7-16)25-21(29)18-12-17(14-24-18)33(30,31)27-8-10-32-11-9-27/h4-7,12-14,24H,8-11H2,1-3H3,(H,25,29). The minimum absolute atomic E-state index is 0.0574. The van der Waals surface area contributed by atoms with E-state index >= 15 is 0 Å². The first kappa shape index (κ1) is 23.5. The van der Waals surface area contributed by atoms with E-state index in [2.05, 4.69) is 15.4 Å². The number of carbonyl (C=O) groups excluding carboxylic acids is 1. The Morgan fingerprint density at radius 2 is 1.82 bits per heavy atom. The Hall–Kier alpha value is -2.63. The number of carbonyl (C=O) groups is 1. The number of thioether (sulfide) groups is 1. The zero-order valence-electron chi connectivity index (χ0n) is 18.6. The summed E-state index contributed by atoms with van der Waals surface area (Å²) in [4.78, 5) is 15.8. The van der Waals surface area contributed by atoms with Crippen molar-refractivity contribution >= 4 is 33.5 Å². The molecule has 0 saturated carbocycles. The monoisotopic (exact) mass is 491 g/mol. The predicted octanol–water partition coefficient (Wildman–Crippen LogP) is 3.63. The minimum Gasteiger partial charge on any atom is -0.356 e. The number of halogens is 1. The summed E-state index contributed by atoms with van der Waals surface area (Å²) in [6.07, 6.45) is 1.34. The number of rotatable bonds is 5. The van der Waals surface area contributed by atoms with Gasteiger partial charge in [-0.2, -0.15) is 21.2 Å². The van der Waals surface area contributed by atoms with Crippen LogP contribution in [0.2, 0.25) is 0 Å². The van der Waals surface area contributed by atoms with Crippen LogP contribution in [0.15, 0.2) is 47.5 Å². The lowest BCUT2D eigenvalue weighted by Gasteiger charge is -2.24. The van der Waals surface area contributed by atoms with Gasteiger partial charge in [-0.25, -0.2) is 17.5 Å². The highest BCUT2D eigenvalue weighted by molar-refractivity contribution is 7.99. The van der Waals surface area contributed by atoms with E-state index in [4.69, 9.17) is 0 Å². The second kappa shape index (κ2) is 8.96. The van der Waals surface area contributed by atoms with E-state index in [9.17, 15) is 17.6 Å². The fourth-order valence-electron chi connectivity index (χ4n) is 3.39. The quantitative estimate of drug-likeness (QED) is 0.568. The van der Waals surface area contributed by atoms with Crippen LogP contribution in [0, 0.1) is 5.82 Å². The first-order valence-electron chi connectivity index (χ1n) is 10.5. The zero-order chi connectivity index (χ0) is 23.8. The second-order valence-corrected chi connectivity index (χ2v) is 11.9. The van der Waals surface area contributed by atoms with Crippen molar-refractivity contribution in [1.29, 1.82) is 0 Å². The summed E-state index contributed by atoms with van der Waals surface area (Å²) < 4.78 is 42.1. The molecule has 1 aromatic carbocycles. The molecule has 0 radical (unpaired) electrons. The number of nitrogens with zero attached hydrogens (tertiary/aromatic N) is 3. The van der Waals surface area contributed by atoms with E-state index in [0.717, 1.165) is 17.2 Å². The summed E-state index contributed by atoms with van der Waals surface area (Å²) in [6.45, 7) is 6.89. The average Bonchev–Trinajstić information content (AvgIpc) is 3.43. The Balaban J connectivity index is 1.61. The van der Waals surface area contributed by atoms with Gasteiger partial charge in [-0.15, -0.1) is 0 Å². The predicted molar refractivity (Wildman–Crippen MR) is 127 cm³/mol. The summed E-state index contributed by atoms with van der Waals surface area (Å²) in [5, 5.41) is 7.40. The van der Waals surface area contributed by atoms with Crippen LogP contribution in [-0.4, -0.2) is 58.0 Å². The normalized spacial score (nSPS) is 15.5. The van der Waals surface area contributed by atoms with Crippen molar-refractivity contribution < 1.29 is 17.6 Å². The van der Waals surface area contributed by atoms with Gasteiger partial charge in [0, 0.05) is 42.3 Å². The van der Waals surface area contributed by atoms with Crippen LogP contribution in [0.5, 0.6) is 0 Å². The van der Waals surface area contributed by atoms with Crippen molar-refractivity contribution in [2.45, 2.75) is 31.1 Å². The molecule has 4 rings (SSSR count). The molecular weight excluding hydrogens is 465 g/mol. The lowest BCUT2D eigenvalue weighted by Crippen LogP contribution is -2.37. The molecule has 2 N–H and O–H groups in total. The number of hydrogen-bond donors (Lipinski definition) is 2. The van der Waals surface area contributed by atoms with Gasteiger partial charge in [0.05, 0.1) is 11.4 Å². The number of H-pyrrole nitrogens is 1. The highest BCUT2D eigenvalue weighted by Gasteiger charge is 2.28. The third kappa shape index (κ3) is 4.99. The molecule has 11 heteroatoms. The summed E-state index contributed by atoms with van der Waals surface area (Å²) in [7, 11) is -3.66. The smallest absolute Gasteiger partial charge is 0.273 e. The van der Waals surface area contributed by atoms with Crippen molar-refractivity contribution in [3.8, 4) is 5.69 Å². The van der Waals surface area contributed by atoms with Crippen LogP contribution < -0.4 is 5.32 Å². The maximum Gasteiger partial charge on any atom is 0.273 e. The summed E-state index contributed by atoms with van der Waals surface area (Å²) in [6, 6.07) is 8.88. The maximum atomic E-state index is 13.4. The van der Waals surface area contributed by atoms with Gasteiger partial charge in [0.1, 0.15) is 22.2 Å².